The van der Waals surface area contributed by atoms with Crippen LogP contribution >= 0.6 is 0 Å². The van der Waals surface area contributed by atoms with E-state index in [1.165, 1.54) is 12.0 Å². The normalized spacial score (nSPS) is 29.4. The maximum absolute atomic E-state index is 13.0. The lowest BCUT2D eigenvalue weighted by atomic mass is 9.64. The SMILES string of the molecule is COC1CCCCN1C(=O)O[C@@H]1C[C@H](C)CC[C@H]1C(C)(C)c1ccccc1. The van der Waals surface area contributed by atoms with Gasteiger partial charge in [-0.15, -0.1) is 0 Å². The number of ether oxygens (including phenoxy) is 2. The molecule has 1 aliphatic heterocycles. The van der Waals surface area contributed by atoms with Crippen molar-refractivity contribution in [3.8, 4) is 0 Å². The highest BCUT2D eigenvalue weighted by Crippen LogP contribution is 2.43. The lowest BCUT2D eigenvalue weighted by Crippen LogP contribution is -2.49. The fraction of sp³-hybridized carbons (Fsp3) is 0.696. The molecule has 27 heavy (non-hydrogen) atoms. The van der Waals surface area contributed by atoms with Gasteiger partial charge in [0.2, 0.25) is 0 Å². The molecule has 3 rings (SSSR count). The van der Waals surface area contributed by atoms with E-state index in [9.17, 15) is 4.79 Å². The maximum atomic E-state index is 13.0. The molecule has 1 unspecified atom stereocenters. The molecule has 1 aliphatic carbocycles. The van der Waals surface area contributed by atoms with E-state index in [2.05, 4.69) is 51.1 Å². The van der Waals surface area contributed by atoms with E-state index in [0.29, 0.717) is 11.8 Å². The van der Waals surface area contributed by atoms with Crippen LogP contribution in [-0.2, 0) is 14.9 Å². The summed E-state index contributed by atoms with van der Waals surface area (Å²) in [6.07, 6.45) is 5.86. The monoisotopic (exact) mass is 373 g/mol. The number of carbonyl (C=O) groups is 1. The second-order valence-corrected chi connectivity index (χ2v) is 8.91. The largest absolute Gasteiger partial charge is 0.446 e. The highest BCUT2D eigenvalue weighted by molar-refractivity contribution is 5.68. The van der Waals surface area contributed by atoms with E-state index >= 15 is 0 Å². The third-order valence-corrected chi connectivity index (χ3v) is 6.71. The average Bonchev–Trinajstić information content (AvgIpc) is 2.68. The number of carbonyl (C=O) groups excluding carboxylic acids is 1. The number of nitrogens with zero attached hydrogens (tertiary/aromatic N) is 1. The fourth-order valence-corrected chi connectivity index (χ4v) is 4.92. The Labute approximate surface area is 164 Å². The summed E-state index contributed by atoms with van der Waals surface area (Å²) >= 11 is 0. The summed E-state index contributed by atoms with van der Waals surface area (Å²) in [5, 5.41) is 0. The van der Waals surface area contributed by atoms with Crippen LogP contribution in [0.2, 0.25) is 0 Å². The van der Waals surface area contributed by atoms with Gasteiger partial charge in [-0.25, -0.2) is 4.79 Å². The summed E-state index contributed by atoms with van der Waals surface area (Å²) in [7, 11) is 1.68. The highest BCUT2D eigenvalue weighted by Gasteiger charge is 2.43. The number of methoxy groups -OCH3 is 1. The zero-order chi connectivity index (χ0) is 19.4. The molecule has 0 aromatic heterocycles. The molecule has 4 heteroatoms. The molecule has 4 atom stereocenters. The van der Waals surface area contributed by atoms with E-state index in [0.717, 1.165) is 38.6 Å². The van der Waals surface area contributed by atoms with E-state index in [-0.39, 0.29) is 23.8 Å². The summed E-state index contributed by atoms with van der Waals surface area (Å²) < 4.78 is 11.7. The zero-order valence-electron chi connectivity index (χ0n) is 17.3. The Morgan fingerprint density at radius 3 is 2.56 bits per heavy atom. The molecule has 2 aliphatic rings. The Hall–Kier alpha value is -1.55. The molecule has 0 spiro atoms. The Bertz CT molecular complexity index is 615. The van der Waals surface area contributed by atoms with Crippen molar-refractivity contribution in [3.63, 3.8) is 0 Å². The van der Waals surface area contributed by atoms with Crippen LogP contribution in [0.3, 0.4) is 0 Å². The number of piperidine rings is 1. The Balaban J connectivity index is 1.77. The lowest BCUT2D eigenvalue weighted by molar-refractivity contribution is -0.0732. The zero-order valence-corrected chi connectivity index (χ0v) is 17.3. The first-order chi connectivity index (χ1) is 12.9. The first-order valence-corrected chi connectivity index (χ1v) is 10.5. The van der Waals surface area contributed by atoms with Crippen molar-refractivity contribution in [3.05, 3.63) is 35.9 Å². The first kappa shape index (κ1) is 20.2. The van der Waals surface area contributed by atoms with E-state index in [4.69, 9.17) is 9.47 Å². The maximum Gasteiger partial charge on any atom is 0.412 e. The molecule has 1 heterocycles. The smallest absolute Gasteiger partial charge is 0.412 e. The number of rotatable bonds is 4. The van der Waals surface area contributed by atoms with Crippen LogP contribution < -0.4 is 0 Å². The molecule has 4 nitrogen and oxygen atoms in total. The predicted molar refractivity (Wildman–Crippen MR) is 108 cm³/mol. The summed E-state index contributed by atoms with van der Waals surface area (Å²) in [4.78, 5) is 14.8. The van der Waals surface area contributed by atoms with E-state index in [1.54, 1.807) is 12.0 Å². The second kappa shape index (κ2) is 8.64. The van der Waals surface area contributed by atoms with Gasteiger partial charge in [0.15, 0.2) is 0 Å². The van der Waals surface area contributed by atoms with Crippen LogP contribution in [-0.4, -0.2) is 37.0 Å². The minimum absolute atomic E-state index is 0.0328. The Morgan fingerprint density at radius 2 is 1.85 bits per heavy atom. The van der Waals surface area contributed by atoms with Crippen LogP contribution in [0.5, 0.6) is 0 Å². The van der Waals surface area contributed by atoms with Crippen LogP contribution in [0.25, 0.3) is 0 Å². The number of benzene rings is 1. The molecule has 1 saturated heterocycles. The van der Waals surface area contributed by atoms with Crippen molar-refractivity contribution in [1.82, 2.24) is 4.90 Å². The second-order valence-electron chi connectivity index (χ2n) is 8.91. The molecule has 0 bridgehead atoms. The first-order valence-electron chi connectivity index (χ1n) is 10.5. The van der Waals surface area contributed by atoms with Crippen LogP contribution in [0.15, 0.2) is 30.3 Å². The molecule has 1 saturated carbocycles. The average molecular weight is 374 g/mol. The third-order valence-electron chi connectivity index (χ3n) is 6.71. The summed E-state index contributed by atoms with van der Waals surface area (Å²) in [5.41, 5.74) is 1.29. The van der Waals surface area contributed by atoms with Gasteiger partial charge in [-0.05, 0) is 49.0 Å². The number of amides is 1. The van der Waals surface area contributed by atoms with E-state index < -0.39 is 0 Å². The van der Waals surface area contributed by atoms with Crippen LogP contribution in [0.1, 0.15) is 64.9 Å². The molecule has 150 valence electrons. The molecule has 0 radical (unpaired) electrons. The van der Waals surface area contributed by atoms with Crippen molar-refractivity contribution >= 4 is 6.09 Å². The molecule has 1 amide bonds. The Kier molecular flexibility index (Phi) is 6.46. The van der Waals surface area contributed by atoms with Gasteiger partial charge in [-0.3, -0.25) is 4.90 Å². The molecule has 2 fully saturated rings. The number of likely N-dealkylation sites (tertiary alicyclic amines) is 1. The van der Waals surface area contributed by atoms with Gasteiger partial charge in [0, 0.05) is 19.6 Å². The molecule has 1 aromatic carbocycles. The number of hydrogen-bond donors (Lipinski definition) is 0. The van der Waals surface area contributed by atoms with Gasteiger partial charge >= 0.3 is 6.09 Å². The highest BCUT2D eigenvalue weighted by atomic mass is 16.6. The van der Waals surface area contributed by atoms with Gasteiger partial charge in [0.05, 0.1) is 0 Å². The molecular formula is C23H35NO3. The van der Waals surface area contributed by atoms with Gasteiger partial charge in [0.25, 0.3) is 0 Å². The topological polar surface area (TPSA) is 38.8 Å². The van der Waals surface area contributed by atoms with Gasteiger partial charge in [-0.1, -0.05) is 57.5 Å². The van der Waals surface area contributed by atoms with Gasteiger partial charge in [0.1, 0.15) is 12.3 Å². The van der Waals surface area contributed by atoms with Crippen molar-refractivity contribution in [2.24, 2.45) is 11.8 Å². The standard InChI is InChI=1S/C23H35NO3/c1-17-13-14-19(23(2,3)18-10-6-5-7-11-18)20(16-17)27-22(25)24-15-9-8-12-21(24)26-4/h5-7,10-11,17,19-21H,8-9,12-16H2,1-4H3/t17-,19-,20-,21?/m1/s1. The van der Waals surface area contributed by atoms with Crippen molar-refractivity contribution in [1.29, 1.82) is 0 Å². The van der Waals surface area contributed by atoms with E-state index in [1.807, 2.05) is 0 Å². The summed E-state index contributed by atoms with van der Waals surface area (Å²) in [6.45, 7) is 7.59. The van der Waals surface area contributed by atoms with Crippen molar-refractivity contribution in [2.45, 2.75) is 77.0 Å². The van der Waals surface area contributed by atoms with Gasteiger partial charge < -0.3 is 9.47 Å². The predicted octanol–water partition coefficient (Wildman–Crippen LogP) is 5.36. The molecular weight excluding hydrogens is 338 g/mol. The minimum Gasteiger partial charge on any atom is -0.446 e. The fourth-order valence-electron chi connectivity index (χ4n) is 4.92. The molecule has 0 N–H and O–H groups in total. The Morgan fingerprint density at radius 1 is 1.11 bits per heavy atom. The third kappa shape index (κ3) is 4.48. The van der Waals surface area contributed by atoms with Crippen molar-refractivity contribution in [2.75, 3.05) is 13.7 Å². The van der Waals surface area contributed by atoms with Crippen molar-refractivity contribution < 1.29 is 14.3 Å². The number of hydrogen-bond acceptors (Lipinski definition) is 3. The quantitative estimate of drug-likeness (QED) is 0.713. The van der Waals surface area contributed by atoms with Crippen LogP contribution in [0, 0.1) is 11.8 Å². The summed E-state index contributed by atoms with van der Waals surface area (Å²) in [5.74, 6) is 0.913. The molecule has 1 aromatic rings. The summed E-state index contributed by atoms with van der Waals surface area (Å²) in [6, 6.07) is 10.6. The van der Waals surface area contributed by atoms with Crippen LogP contribution in [0.4, 0.5) is 4.79 Å². The lowest BCUT2D eigenvalue weighted by Gasteiger charge is -2.45. The minimum atomic E-state index is -0.200. The van der Waals surface area contributed by atoms with Gasteiger partial charge in [-0.2, -0.15) is 0 Å².